The molecule has 162 valence electrons. The van der Waals surface area contributed by atoms with E-state index in [4.69, 9.17) is 4.99 Å². The summed E-state index contributed by atoms with van der Waals surface area (Å²) in [6, 6.07) is 14.8. The summed E-state index contributed by atoms with van der Waals surface area (Å²) < 4.78 is 0. The summed E-state index contributed by atoms with van der Waals surface area (Å²) in [4.78, 5) is 25.8. The number of nitrogens with zero attached hydrogens (tertiary/aromatic N) is 4. The van der Waals surface area contributed by atoms with Crippen molar-refractivity contribution in [2.24, 2.45) is 4.99 Å². The second-order valence-corrected chi connectivity index (χ2v) is 8.23. The van der Waals surface area contributed by atoms with Gasteiger partial charge in [-0.3, -0.25) is 14.7 Å². The van der Waals surface area contributed by atoms with E-state index in [1.807, 2.05) is 30.6 Å². The fourth-order valence-corrected chi connectivity index (χ4v) is 4.44. The van der Waals surface area contributed by atoms with Crippen LogP contribution in [-0.2, 0) is 17.8 Å². The van der Waals surface area contributed by atoms with E-state index < -0.39 is 0 Å². The molecule has 0 atom stereocenters. The average molecular weight is 426 g/mol. The Hall–Kier alpha value is -3.51. The van der Waals surface area contributed by atoms with Crippen molar-refractivity contribution in [3.8, 4) is 0 Å². The van der Waals surface area contributed by atoms with Gasteiger partial charge in [0.1, 0.15) is 5.84 Å². The molecule has 0 radical (unpaired) electrons. The predicted octanol–water partition coefficient (Wildman–Crippen LogP) is 3.39. The van der Waals surface area contributed by atoms with Gasteiger partial charge in [-0.15, -0.1) is 0 Å². The number of likely N-dealkylation sites (N-methyl/N-ethyl adjacent to an activating group) is 1. The van der Waals surface area contributed by atoms with Crippen molar-refractivity contribution < 1.29 is 4.79 Å². The second-order valence-electron chi connectivity index (χ2n) is 8.23. The van der Waals surface area contributed by atoms with Gasteiger partial charge in [-0.05, 0) is 30.3 Å². The molecule has 1 N–H and O–H groups in total. The van der Waals surface area contributed by atoms with E-state index >= 15 is 0 Å². The number of aromatic nitrogens is 1. The van der Waals surface area contributed by atoms with Crippen molar-refractivity contribution in [3.05, 3.63) is 101 Å². The van der Waals surface area contributed by atoms with Gasteiger partial charge in [-0.1, -0.05) is 37.3 Å². The molecule has 1 amide bonds. The molecule has 6 heteroatoms. The highest BCUT2D eigenvalue weighted by atomic mass is 16.1. The number of allylic oxidation sites excluding steroid dienone is 1. The standard InChI is InChI=1S/C26H27N5O/c1-2-30(15-12-22-5-3-4-14-27-22)18-19-6-8-20(9-7-19)26-28-17-21-10-11-24(32)29-23-13-16-31(26)25(21)23/h3-11,14,17H,2,12-13,15-16,18H2,1H3,(H,29,32). The maximum Gasteiger partial charge on any atom is 0.248 e. The van der Waals surface area contributed by atoms with E-state index in [1.54, 1.807) is 6.08 Å². The largest absolute Gasteiger partial charge is 0.324 e. The molecule has 0 fully saturated rings. The van der Waals surface area contributed by atoms with Crippen LogP contribution in [0.4, 0.5) is 0 Å². The van der Waals surface area contributed by atoms with Crippen molar-refractivity contribution in [1.82, 2.24) is 20.1 Å². The molecule has 5 rings (SSSR count). The van der Waals surface area contributed by atoms with E-state index in [1.165, 1.54) is 5.56 Å². The number of rotatable bonds is 7. The molecule has 3 aliphatic heterocycles. The quantitative estimate of drug-likeness (QED) is 0.739. The molecule has 32 heavy (non-hydrogen) atoms. The van der Waals surface area contributed by atoms with Gasteiger partial charge in [0.2, 0.25) is 5.91 Å². The maximum absolute atomic E-state index is 11.9. The summed E-state index contributed by atoms with van der Waals surface area (Å²) in [5.41, 5.74) is 6.56. The average Bonchev–Trinajstić information content (AvgIpc) is 3.17. The number of amidine groups is 1. The van der Waals surface area contributed by atoms with Gasteiger partial charge in [-0.2, -0.15) is 0 Å². The normalized spacial score (nSPS) is 17.2. The van der Waals surface area contributed by atoms with Gasteiger partial charge in [-0.25, -0.2) is 4.99 Å². The summed E-state index contributed by atoms with van der Waals surface area (Å²) in [5, 5.41) is 3.01. The molecule has 0 spiro atoms. The van der Waals surface area contributed by atoms with Gasteiger partial charge in [0.05, 0.1) is 5.70 Å². The van der Waals surface area contributed by atoms with Crippen LogP contribution in [-0.4, -0.2) is 46.2 Å². The molecule has 6 nitrogen and oxygen atoms in total. The molecule has 4 heterocycles. The molecule has 1 aromatic carbocycles. The number of carbonyl (C=O) groups is 1. The first-order valence-electron chi connectivity index (χ1n) is 11.2. The lowest BCUT2D eigenvalue weighted by molar-refractivity contribution is -0.115. The van der Waals surface area contributed by atoms with Gasteiger partial charge in [0.15, 0.2) is 0 Å². The lowest BCUT2D eigenvalue weighted by Crippen LogP contribution is -2.31. The van der Waals surface area contributed by atoms with Crippen molar-refractivity contribution in [1.29, 1.82) is 0 Å². The van der Waals surface area contributed by atoms with E-state index in [0.717, 1.165) is 73.1 Å². The molecular weight excluding hydrogens is 398 g/mol. The molecule has 2 aromatic rings. The van der Waals surface area contributed by atoms with Crippen LogP contribution >= 0.6 is 0 Å². The fraction of sp³-hybridized carbons (Fsp3) is 0.269. The Morgan fingerprint density at radius 2 is 2.00 bits per heavy atom. The van der Waals surface area contributed by atoms with Crippen LogP contribution in [0, 0.1) is 0 Å². The number of carbonyl (C=O) groups excluding carboxylic acids is 1. The van der Waals surface area contributed by atoms with Crippen LogP contribution in [0.5, 0.6) is 0 Å². The molecule has 0 saturated heterocycles. The monoisotopic (exact) mass is 425 g/mol. The molecule has 1 aromatic heterocycles. The van der Waals surface area contributed by atoms with Crippen molar-refractivity contribution in [3.63, 3.8) is 0 Å². The Bertz CT molecular complexity index is 1130. The van der Waals surface area contributed by atoms with E-state index in [-0.39, 0.29) is 5.91 Å². The molecule has 0 saturated carbocycles. The first kappa shape index (κ1) is 20.4. The lowest BCUT2D eigenvalue weighted by Gasteiger charge is -2.27. The number of aliphatic imine (C=N–C) groups is 1. The van der Waals surface area contributed by atoms with Crippen LogP contribution in [0.25, 0.3) is 0 Å². The highest BCUT2D eigenvalue weighted by molar-refractivity contribution is 6.02. The first-order valence-corrected chi connectivity index (χ1v) is 11.2. The zero-order chi connectivity index (χ0) is 21.9. The Labute approximate surface area is 188 Å². The Morgan fingerprint density at radius 3 is 2.78 bits per heavy atom. The maximum atomic E-state index is 11.9. The number of benzene rings is 1. The predicted molar refractivity (Wildman–Crippen MR) is 126 cm³/mol. The minimum absolute atomic E-state index is 0.0703. The van der Waals surface area contributed by atoms with Crippen molar-refractivity contribution >= 4 is 11.7 Å². The number of pyridine rings is 1. The molecular formula is C26H27N5O. The Balaban J connectivity index is 1.29. The summed E-state index contributed by atoms with van der Waals surface area (Å²) in [6.07, 6.45) is 8.92. The highest BCUT2D eigenvalue weighted by Gasteiger charge is 2.32. The number of hydrogen-bond acceptors (Lipinski definition) is 5. The summed E-state index contributed by atoms with van der Waals surface area (Å²) in [6.45, 7) is 5.92. The number of nitrogens with one attached hydrogen (secondary N) is 1. The third kappa shape index (κ3) is 4.14. The molecule has 0 unspecified atom stereocenters. The highest BCUT2D eigenvalue weighted by Crippen LogP contribution is 2.34. The fourth-order valence-electron chi connectivity index (χ4n) is 4.44. The number of amides is 1. The minimum Gasteiger partial charge on any atom is -0.324 e. The van der Waals surface area contributed by atoms with Crippen LogP contribution in [0.15, 0.2) is 89.0 Å². The van der Waals surface area contributed by atoms with Gasteiger partial charge in [0.25, 0.3) is 0 Å². The van der Waals surface area contributed by atoms with E-state index in [9.17, 15) is 4.79 Å². The zero-order valence-electron chi connectivity index (χ0n) is 18.3. The van der Waals surface area contributed by atoms with Crippen LogP contribution < -0.4 is 5.32 Å². The van der Waals surface area contributed by atoms with E-state index in [2.05, 4.69) is 57.4 Å². The summed E-state index contributed by atoms with van der Waals surface area (Å²) in [5.74, 6) is 0.872. The topological polar surface area (TPSA) is 60.8 Å². The third-order valence-electron chi connectivity index (χ3n) is 6.16. The summed E-state index contributed by atoms with van der Waals surface area (Å²) >= 11 is 0. The zero-order valence-corrected chi connectivity index (χ0v) is 18.3. The van der Waals surface area contributed by atoms with Gasteiger partial charge in [0, 0.05) is 73.5 Å². The first-order chi connectivity index (χ1) is 15.7. The van der Waals surface area contributed by atoms with Crippen LogP contribution in [0.3, 0.4) is 0 Å². The van der Waals surface area contributed by atoms with Crippen LogP contribution in [0.2, 0.25) is 0 Å². The van der Waals surface area contributed by atoms with Gasteiger partial charge >= 0.3 is 0 Å². The lowest BCUT2D eigenvalue weighted by atomic mass is 10.1. The number of hydrogen-bond donors (Lipinski definition) is 1. The summed E-state index contributed by atoms with van der Waals surface area (Å²) in [7, 11) is 0. The van der Waals surface area contributed by atoms with Crippen LogP contribution in [0.1, 0.15) is 30.2 Å². The van der Waals surface area contributed by atoms with Gasteiger partial charge < -0.3 is 10.2 Å². The minimum atomic E-state index is -0.0703. The molecule has 0 bridgehead atoms. The third-order valence-corrected chi connectivity index (χ3v) is 6.16. The smallest absolute Gasteiger partial charge is 0.248 e. The Morgan fingerprint density at radius 1 is 1.12 bits per heavy atom. The Kier molecular flexibility index (Phi) is 5.69. The second kappa shape index (κ2) is 8.93. The van der Waals surface area contributed by atoms with Crippen molar-refractivity contribution in [2.45, 2.75) is 26.3 Å². The van der Waals surface area contributed by atoms with E-state index in [0.29, 0.717) is 0 Å². The van der Waals surface area contributed by atoms with Crippen molar-refractivity contribution in [2.75, 3.05) is 19.6 Å². The molecule has 3 aliphatic rings. The molecule has 0 aliphatic carbocycles. The SMILES string of the molecule is CCN(CCc1ccccn1)Cc1ccc(C2=NC=C3C=CC(=O)NC4=C3N2CC4)cc1.